The summed E-state index contributed by atoms with van der Waals surface area (Å²) < 4.78 is 0. The topological polar surface area (TPSA) is 185 Å². The number of carbonyl (C=O) groups is 3. The van der Waals surface area contributed by atoms with Crippen LogP contribution in [0.1, 0.15) is 38.5 Å². The van der Waals surface area contributed by atoms with Crippen molar-refractivity contribution in [3.05, 3.63) is 139 Å². The average Bonchev–Trinajstić information content (AvgIpc) is 3.31. The number of imide groups is 1. The maximum Gasteiger partial charge on any atom is 0.293 e. The Kier molecular flexibility index (Phi) is 6.07. The molecular weight excluding hydrogens is 582 g/mol. The maximum atomic E-state index is 14.4. The van der Waals surface area contributed by atoms with Gasteiger partial charge in [0.05, 0.1) is 32.7 Å². The summed E-state index contributed by atoms with van der Waals surface area (Å²) in [6.07, 6.45) is 1.37. The lowest BCUT2D eigenvalue weighted by Gasteiger charge is -2.52. The molecule has 0 unspecified atom stereocenters. The summed E-state index contributed by atoms with van der Waals surface area (Å²) in [5.74, 6) is -5.23. The quantitative estimate of drug-likeness (QED) is 0.142. The number of hydrogen-bond acceptors (Lipinski definition) is 9. The van der Waals surface area contributed by atoms with Crippen molar-refractivity contribution in [3.8, 4) is 5.75 Å². The first-order valence-corrected chi connectivity index (χ1v) is 13.8. The molecule has 0 radical (unpaired) electrons. The molecule has 2 atom stereocenters. The van der Waals surface area contributed by atoms with Gasteiger partial charge in [0.1, 0.15) is 11.4 Å². The molecule has 1 aliphatic heterocycles. The predicted molar refractivity (Wildman–Crippen MR) is 159 cm³/mol. The molecule has 4 aromatic carbocycles. The third-order valence-electron chi connectivity index (χ3n) is 8.87. The Morgan fingerprint density at radius 3 is 2.13 bits per heavy atom. The van der Waals surface area contributed by atoms with E-state index in [0.717, 1.165) is 34.2 Å². The fraction of sp³-hybridized carbons (Fsp3) is 0.125. The summed E-state index contributed by atoms with van der Waals surface area (Å²) in [7, 11) is 0. The van der Waals surface area contributed by atoms with E-state index in [1.807, 2.05) is 36.4 Å². The highest BCUT2D eigenvalue weighted by atomic mass is 16.6. The molecule has 0 aromatic heterocycles. The van der Waals surface area contributed by atoms with Crippen LogP contribution in [0, 0.1) is 32.1 Å². The van der Waals surface area contributed by atoms with Gasteiger partial charge in [0.15, 0.2) is 0 Å². The van der Waals surface area contributed by atoms with Crippen LogP contribution in [0.25, 0.3) is 0 Å². The Morgan fingerprint density at radius 1 is 0.867 bits per heavy atom. The maximum absolute atomic E-state index is 14.4. The Balaban J connectivity index is 1.39. The third-order valence-corrected chi connectivity index (χ3v) is 8.87. The lowest BCUT2D eigenvalue weighted by Crippen LogP contribution is -2.54. The van der Waals surface area contributed by atoms with E-state index in [4.69, 9.17) is 0 Å². The summed E-state index contributed by atoms with van der Waals surface area (Å²) in [5.41, 5.74) is 2.49. The van der Waals surface area contributed by atoms with E-state index in [0.29, 0.717) is 11.1 Å². The fourth-order valence-corrected chi connectivity index (χ4v) is 7.17. The first kappa shape index (κ1) is 27.6. The fourth-order valence-electron chi connectivity index (χ4n) is 7.17. The van der Waals surface area contributed by atoms with Crippen LogP contribution in [-0.4, -0.2) is 38.9 Å². The van der Waals surface area contributed by atoms with Gasteiger partial charge in [0, 0.05) is 30.3 Å². The number of para-hydroxylation sites is 2. The van der Waals surface area contributed by atoms with Crippen molar-refractivity contribution >= 4 is 41.0 Å². The molecule has 0 saturated carbocycles. The zero-order valence-electron chi connectivity index (χ0n) is 23.1. The highest BCUT2D eigenvalue weighted by Gasteiger charge is 2.68. The molecule has 4 aromatic rings. The number of hydrazone groups is 1. The van der Waals surface area contributed by atoms with Crippen molar-refractivity contribution in [1.82, 2.24) is 5.43 Å². The molecule has 8 rings (SSSR count). The third kappa shape index (κ3) is 3.80. The van der Waals surface area contributed by atoms with Crippen LogP contribution in [-0.2, 0) is 15.0 Å². The van der Waals surface area contributed by atoms with E-state index >= 15 is 0 Å². The minimum Gasteiger partial charge on any atom is -0.507 e. The normalized spacial score (nSPS) is 22.6. The van der Waals surface area contributed by atoms with Crippen LogP contribution < -0.4 is 10.3 Å². The highest BCUT2D eigenvalue weighted by Crippen LogP contribution is 2.63. The van der Waals surface area contributed by atoms with Gasteiger partial charge in [-0.2, -0.15) is 5.10 Å². The number of non-ortho nitro benzene ring substituents is 1. The number of nitrogens with zero attached hydrogens (tertiary/aromatic N) is 4. The second-order valence-electron chi connectivity index (χ2n) is 10.9. The standard InChI is InChI=1S/C32H21N5O8/c38-25-14-13-17(36(42)43)15-20(25)29(39)34-33-16-32-21-9-3-1-7-18(21)26(19-8-2-4-10-22(19)32)27-28(32)31(41)35(30(27)40)23-11-5-6-12-24(23)37(44)45/h1-16,26-28,38H,(H,34,39)/b33-16-/t26?,27-,28-,32?/m0/s1. The summed E-state index contributed by atoms with van der Waals surface area (Å²) in [4.78, 5) is 64.4. The number of nitrogens with one attached hydrogen (secondary N) is 1. The minimum atomic E-state index is -1.39. The zero-order valence-corrected chi connectivity index (χ0v) is 23.1. The average molecular weight is 604 g/mol. The SMILES string of the molecule is O=C(N/N=C\C12c3ccccc3C(c3ccccc31)[C@@H]1C(=O)N(c3ccccc3[N+](=O)[O-])C(=O)[C@H]12)c1cc([N+](=O)[O-])ccc1O. The van der Waals surface area contributed by atoms with Crippen LogP contribution in [0.5, 0.6) is 5.75 Å². The summed E-state index contributed by atoms with van der Waals surface area (Å²) in [6, 6.07) is 23.1. The van der Waals surface area contributed by atoms with Crippen molar-refractivity contribution < 1.29 is 29.3 Å². The number of phenolic OH excluding ortho intramolecular Hbond substituents is 1. The lowest BCUT2D eigenvalue weighted by atomic mass is 9.47. The predicted octanol–water partition coefficient (Wildman–Crippen LogP) is 4.18. The van der Waals surface area contributed by atoms with Gasteiger partial charge in [-0.05, 0) is 34.4 Å². The van der Waals surface area contributed by atoms with E-state index in [-0.39, 0.29) is 11.3 Å². The largest absolute Gasteiger partial charge is 0.507 e. The number of benzene rings is 4. The molecule has 1 heterocycles. The van der Waals surface area contributed by atoms with Gasteiger partial charge in [0.25, 0.3) is 17.3 Å². The number of rotatable bonds is 6. The molecule has 1 saturated heterocycles. The number of amides is 3. The van der Waals surface area contributed by atoms with Crippen LogP contribution in [0.2, 0.25) is 0 Å². The lowest BCUT2D eigenvalue weighted by molar-refractivity contribution is -0.384. The van der Waals surface area contributed by atoms with E-state index in [2.05, 4.69) is 10.5 Å². The van der Waals surface area contributed by atoms with Crippen LogP contribution >= 0.6 is 0 Å². The summed E-state index contributed by atoms with van der Waals surface area (Å²) in [5, 5.41) is 37.6. The molecule has 0 spiro atoms. The van der Waals surface area contributed by atoms with Gasteiger partial charge in [-0.15, -0.1) is 0 Å². The molecule has 3 amide bonds. The molecule has 13 nitrogen and oxygen atoms in total. The van der Waals surface area contributed by atoms with E-state index in [1.165, 1.54) is 30.5 Å². The monoisotopic (exact) mass is 603 g/mol. The number of aromatic hydroxyl groups is 1. The van der Waals surface area contributed by atoms with Crippen LogP contribution in [0.3, 0.4) is 0 Å². The van der Waals surface area contributed by atoms with Crippen molar-refractivity contribution in [1.29, 1.82) is 0 Å². The van der Waals surface area contributed by atoms with Gasteiger partial charge < -0.3 is 5.11 Å². The number of nitro benzene ring substituents is 2. The van der Waals surface area contributed by atoms with Crippen LogP contribution in [0.4, 0.5) is 17.1 Å². The Bertz CT molecular complexity index is 1980. The second-order valence-corrected chi connectivity index (χ2v) is 10.9. The molecule has 1 fully saturated rings. The zero-order chi connectivity index (χ0) is 31.6. The smallest absolute Gasteiger partial charge is 0.293 e. The summed E-state index contributed by atoms with van der Waals surface area (Å²) in [6.45, 7) is 0. The molecule has 45 heavy (non-hydrogen) atoms. The Hall–Kier alpha value is -6.24. The van der Waals surface area contributed by atoms with E-state index in [9.17, 15) is 39.7 Å². The van der Waals surface area contributed by atoms with E-state index in [1.54, 1.807) is 12.1 Å². The van der Waals surface area contributed by atoms with Gasteiger partial charge in [-0.1, -0.05) is 60.7 Å². The molecule has 4 aliphatic rings. The molecule has 13 heteroatoms. The number of carbonyl (C=O) groups excluding carboxylic acids is 3. The first-order valence-electron chi connectivity index (χ1n) is 13.8. The van der Waals surface area contributed by atoms with Gasteiger partial charge in [0.2, 0.25) is 11.8 Å². The Labute approximate surface area is 253 Å². The van der Waals surface area contributed by atoms with Crippen molar-refractivity contribution in [2.45, 2.75) is 11.3 Å². The molecule has 3 aliphatic carbocycles. The van der Waals surface area contributed by atoms with Gasteiger partial charge in [-0.25, -0.2) is 10.3 Å². The Morgan fingerprint density at radius 2 is 1.49 bits per heavy atom. The van der Waals surface area contributed by atoms with E-state index < -0.39 is 67.9 Å². The molecule has 2 bridgehead atoms. The summed E-state index contributed by atoms with van der Waals surface area (Å²) >= 11 is 0. The first-order chi connectivity index (χ1) is 21.7. The van der Waals surface area contributed by atoms with Crippen molar-refractivity contribution in [2.24, 2.45) is 16.9 Å². The van der Waals surface area contributed by atoms with Gasteiger partial charge in [-0.3, -0.25) is 34.6 Å². The van der Waals surface area contributed by atoms with Crippen molar-refractivity contribution in [3.63, 3.8) is 0 Å². The number of hydrogen-bond donors (Lipinski definition) is 2. The number of anilines is 1. The molecule has 2 N–H and O–H groups in total. The van der Waals surface area contributed by atoms with Crippen LogP contribution in [0.15, 0.2) is 96.1 Å². The van der Waals surface area contributed by atoms with Gasteiger partial charge >= 0.3 is 0 Å². The second kappa shape index (κ2) is 9.91. The molecule has 222 valence electrons. The minimum absolute atomic E-state index is 0.138. The number of nitro groups is 2. The highest BCUT2D eigenvalue weighted by molar-refractivity contribution is 6.25. The number of phenols is 1. The molecular formula is C32H21N5O8. The van der Waals surface area contributed by atoms with Crippen molar-refractivity contribution in [2.75, 3.05) is 4.90 Å².